The number of thiazole rings is 1. The second kappa shape index (κ2) is 7.78. The van der Waals surface area contributed by atoms with Crippen molar-refractivity contribution in [3.8, 4) is 11.5 Å². The zero-order valence-electron chi connectivity index (χ0n) is 14.8. The molecule has 0 bridgehead atoms. The molecular formula is C18H15ClN2O5S2. The monoisotopic (exact) mass is 438 g/mol. The van der Waals surface area contributed by atoms with Crippen LogP contribution < -0.4 is 10.1 Å². The highest BCUT2D eigenvalue weighted by Gasteiger charge is 2.25. The van der Waals surface area contributed by atoms with Crippen molar-refractivity contribution in [1.29, 1.82) is 0 Å². The van der Waals surface area contributed by atoms with Gasteiger partial charge in [-0.25, -0.2) is 13.4 Å². The number of carbonyl (C=O) groups is 1. The van der Waals surface area contributed by atoms with E-state index in [1.807, 2.05) is 0 Å². The lowest BCUT2D eigenvalue weighted by Crippen LogP contribution is -2.11. The molecule has 28 heavy (non-hydrogen) atoms. The number of sulfone groups is 1. The van der Waals surface area contributed by atoms with Crippen LogP contribution in [0.5, 0.6) is 11.5 Å². The second-order valence-electron chi connectivity index (χ2n) is 5.70. The molecule has 0 fully saturated rings. The van der Waals surface area contributed by atoms with Crippen molar-refractivity contribution in [3.05, 3.63) is 58.7 Å². The number of phenols is 1. The maximum Gasteiger partial charge on any atom is 0.257 e. The molecule has 0 aliphatic rings. The Morgan fingerprint density at radius 3 is 2.68 bits per heavy atom. The maximum atomic E-state index is 12.8. The predicted octanol–water partition coefficient (Wildman–Crippen LogP) is 3.90. The number of nitrogens with one attached hydrogen (secondary N) is 1. The summed E-state index contributed by atoms with van der Waals surface area (Å²) in [6.45, 7) is 1.62. The fourth-order valence-corrected chi connectivity index (χ4v) is 5.14. The minimum atomic E-state index is -3.86. The van der Waals surface area contributed by atoms with E-state index in [1.54, 1.807) is 25.1 Å². The lowest BCUT2D eigenvalue weighted by Gasteiger charge is -2.07. The van der Waals surface area contributed by atoms with Gasteiger partial charge in [-0.05, 0) is 31.2 Å². The molecule has 1 aromatic heterocycles. The number of ether oxygens (including phenoxy) is 1. The lowest BCUT2D eigenvalue weighted by molar-refractivity contribution is 0.102. The van der Waals surface area contributed by atoms with Crippen LogP contribution in [-0.2, 0) is 9.84 Å². The standard InChI is InChI=1S/C18H15ClN2O5S2/c1-10-12(19)7-11(8-13(10)22)17(23)21-18-20-9-16(27-18)28(24,25)15-6-4-3-5-14(15)26-2/h3-9,22H,1-2H3,(H,20,21,23). The number of methoxy groups -OCH3 is 1. The van der Waals surface area contributed by atoms with Crippen LogP contribution in [0.25, 0.3) is 0 Å². The Bertz CT molecular complexity index is 1140. The molecule has 1 heterocycles. The molecule has 0 aliphatic heterocycles. The molecule has 10 heteroatoms. The van der Waals surface area contributed by atoms with E-state index in [-0.39, 0.29) is 36.3 Å². The fourth-order valence-electron chi connectivity index (χ4n) is 2.36. The molecule has 2 N–H and O–H groups in total. The molecule has 0 aliphatic carbocycles. The summed E-state index contributed by atoms with van der Waals surface area (Å²) in [5, 5.41) is 12.7. The Kier molecular flexibility index (Phi) is 5.59. The summed E-state index contributed by atoms with van der Waals surface area (Å²) in [4.78, 5) is 16.3. The minimum Gasteiger partial charge on any atom is -0.508 e. The molecule has 2 aromatic carbocycles. The van der Waals surface area contributed by atoms with Crippen LogP contribution in [0.4, 0.5) is 5.13 Å². The molecule has 1 amide bonds. The number of amides is 1. The van der Waals surface area contributed by atoms with E-state index in [2.05, 4.69) is 10.3 Å². The molecule has 0 radical (unpaired) electrons. The largest absolute Gasteiger partial charge is 0.508 e. The number of nitrogens with zero attached hydrogens (tertiary/aromatic N) is 1. The van der Waals surface area contributed by atoms with E-state index in [4.69, 9.17) is 16.3 Å². The van der Waals surface area contributed by atoms with Crippen LogP contribution in [0.2, 0.25) is 5.02 Å². The summed E-state index contributed by atoms with van der Waals surface area (Å²) >= 11 is 6.79. The number of para-hydroxylation sites is 1. The summed E-state index contributed by atoms with van der Waals surface area (Å²) in [5.74, 6) is -0.477. The van der Waals surface area contributed by atoms with Gasteiger partial charge in [-0.2, -0.15) is 0 Å². The van der Waals surface area contributed by atoms with Crippen LogP contribution in [0.1, 0.15) is 15.9 Å². The topological polar surface area (TPSA) is 106 Å². The number of aromatic nitrogens is 1. The first-order valence-corrected chi connectivity index (χ1v) is 10.6. The Morgan fingerprint density at radius 2 is 2.00 bits per heavy atom. The molecule has 0 unspecified atom stereocenters. The molecule has 7 nitrogen and oxygen atoms in total. The number of hydrogen-bond donors (Lipinski definition) is 2. The molecule has 0 saturated carbocycles. The summed E-state index contributed by atoms with van der Waals surface area (Å²) in [5.41, 5.74) is 0.579. The summed E-state index contributed by atoms with van der Waals surface area (Å²) in [7, 11) is -2.48. The van der Waals surface area contributed by atoms with Gasteiger partial charge in [-0.1, -0.05) is 35.1 Å². The molecule has 3 rings (SSSR count). The van der Waals surface area contributed by atoms with Crippen LogP contribution in [0.15, 0.2) is 51.7 Å². The SMILES string of the molecule is COc1ccccc1S(=O)(=O)c1cnc(NC(=O)c2cc(O)c(C)c(Cl)c2)s1. The summed E-state index contributed by atoms with van der Waals surface area (Å²) < 4.78 is 30.7. The van der Waals surface area contributed by atoms with E-state index in [0.29, 0.717) is 5.56 Å². The number of carbonyl (C=O) groups excluding carboxylic acids is 1. The minimum absolute atomic E-state index is 0.00858. The highest BCUT2D eigenvalue weighted by atomic mass is 35.5. The molecule has 3 aromatic rings. The van der Waals surface area contributed by atoms with Gasteiger partial charge in [0.25, 0.3) is 5.91 Å². The Hall–Kier alpha value is -2.62. The van der Waals surface area contributed by atoms with Gasteiger partial charge in [0, 0.05) is 16.1 Å². The van der Waals surface area contributed by atoms with Gasteiger partial charge in [0.05, 0.1) is 13.3 Å². The zero-order chi connectivity index (χ0) is 20.5. The van der Waals surface area contributed by atoms with Gasteiger partial charge in [0.15, 0.2) is 5.13 Å². The van der Waals surface area contributed by atoms with E-state index in [0.717, 1.165) is 11.3 Å². The smallest absolute Gasteiger partial charge is 0.257 e. The highest BCUT2D eigenvalue weighted by molar-refractivity contribution is 7.93. The molecule has 0 atom stereocenters. The Balaban J connectivity index is 1.87. The summed E-state index contributed by atoms with van der Waals surface area (Å²) in [6.07, 6.45) is 1.17. The Labute approximate surface area is 170 Å². The van der Waals surface area contributed by atoms with Gasteiger partial charge < -0.3 is 9.84 Å². The van der Waals surface area contributed by atoms with E-state index < -0.39 is 15.7 Å². The lowest BCUT2D eigenvalue weighted by atomic mass is 10.1. The van der Waals surface area contributed by atoms with Crippen molar-refractivity contribution < 1.29 is 23.1 Å². The van der Waals surface area contributed by atoms with Crippen LogP contribution in [0.3, 0.4) is 0 Å². The van der Waals surface area contributed by atoms with Crippen molar-refractivity contribution >= 4 is 43.8 Å². The number of aromatic hydroxyl groups is 1. The van der Waals surface area contributed by atoms with Gasteiger partial charge in [-0.3, -0.25) is 10.1 Å². The number of phenolic OH excluding ortho intramolecular Hbond substituents is 1. The zero-order valence-corrected chi connectivity index (χ0v) is 17.2. The van der Waals surface area contributed by atoms with Crippen LogP contribution >= 0.6 is 22.9 Å². The number of benzene rings is 2. The van der Waals surface area contributed by atoms with Crippen LogP contribution in [-0.4, -0.2) is 31.5 Å². The normalized spacial score (nSPS) is 11.2. The van der Waals surface area contributed by atoms with Crippen molar-refractivity contribution in [1.82, 2.24) is 4.98 Å². The first-order valence-electron chi connectivity index (χ1n) is 7.88. The molecular weight excluding hydrogens is 424 g/mol. The number of hydrogen-bond acceptors (Lipinski definition) is 7. The second-order valence-corrected chi connectivity index (χ2v) is 9.28. The molecule has 0 spiro atoms. The van der Waals surface area contributed by atoms with E-state index >= 15 is 0 Å². The quantitative estimate of drug-likeness (QED) is 0.625. The van der Waals surface area contributed by atoms with Crippen LogP contribution in [0, 0.1) is 6.92 Å². The molecule has 0 saturated heterocycles. The predicted molar refractivity (Wildman–Crippen MR) is 106 cm³/mol. The Morgan fingerprint density at radius 1 is 1.29 bits per heavy atom. The van der Waals surface area contributed by atoms with Crippen molar-refractivity contribution in [2.24, 2.45) is 0 Å². The average molecular weight is 439 g/mol. The van der Waals surface area contributed by atoms with Gasteiger partial charge in [-0.15, -0.1) is 0 Å². The summed E-state index contributed by atoms with van der Waals surface area (Å²) in [6, 6.07) is 8.92. The first kappa shape index (κ1) is 20.1. The third-order valence-corrected chi connectivity index (χ3v) is 7.47. The highest BCUT2D eigenvalue weighted by Crippen LogP contribution is 2.33. The number of anilines is 1. The number of rotatable bonds is 5. The first-order chi connectivity index (χ1) is 13.2. The van der Waals surface area contributed by atoms with Gasteiger partial charge >= 0.3 is 0 Å². The molecule has 146 valence electrons. The average Bonchev–Trinajstić information content (AvgIpc) is 3.15. The maximum absolute atomic E-state index is 12.8. The van der Waals surface area contributed by atoms with Crippen molar-refractivity contribution in [2.75, 3.05) is 12.4 Å². The van der Waals surface area contributed by atoms with Gasteiger partial charge in [0.2, 0.25) is 9.84 Å². The third kappa shape index (κ3) is 3.82. The van der Waals surface area contributed by atoms with Crippen molar-refractivity contribution in [3.63, 3.8) is 0 Å². The van der Waals surface area contributed by atoms with E-state index in [9.17, 15) is 18.3 Å². The third-order valence-electron chi connectivity index (χ3n) is 3.91. The number of halogens is 1. The van der Waals surface area contributed by atoms with Crippen molar-refractivity contribution in [2.45, 2.75) is 16.0 Å². The fraction of sp³-hybridized carbons (Fsp3) is 0.111. The van der Waals surface area contributed by atoms with Gasteiger partial charge in [0.1, 0.15) is 20.6 Å². The van der Waals surface area contributed by atoms with E-state index in [1.165, 1.54) is 31.5 Å².